The molecule has 2 heterocycles. The molecule has 0 aliphatic carbocycles. The predicted molar refractivity (Wildman–Crippen MR) is 117 cm³/mol. The molecule has 3 aromatic rings. The molecule has 2 aliphatic rings. The zero-order chi connectivity index (χ0) is 19.8. The number of hydrogen-bond acceptors (Lipinski definition) is 4. The number of thioether (sulfide) groups is 1. The molecule has 0 aromatic heterocycles. The SMILES string of the molecule is N=C1/C(=C2/Nc3ccccc3S2)[C@H](c2ccccc2)C(=O)N1Cc1ccccc1. The summed E-state index contributed by atoms with van der Waals surface area (Å²) in [6, 6.07) is 27.7. The van der Waals surface area contributed by atoms with Crippen molar-refractivity contribution in [1.82, 2.24) is 4.90 Å². The third-order valence-electron chi connectivity index (χ3n) is 5.24. The van der Waals surface area contributed by atoms with Gasteiger partial charge >= 0.3 is 0 Å². The van der Waals surface area contributed by atoms with Gasteiger partial charge in [0, 0.05) is 10.5 Å². The van der Waals surface area contributed by atoms with E-state index < -0.39 is 5.92 Å². The van der Waals surface area contributed by atoms with Crippen LogP contribution < -0.4 is 5.32 Å². The number of para-hydroxylation sites is 1. The first kappa shape index (κ1) is 17.8. The molecule has 1 amide bonds. The normalized spacial score (nSPS) is 20.7. The first-order valence-corrected chi connectivity index (χ1v) is 10.3. The lowest BCUT2D eigenvalue weighted by atomic mass is 9.93. The Bertz CT molecular complexity index is 1100. The van der Waals surface area contributed by atoms with E-state index in [1.54, 1.807) is 16.7 Å². The van der Waals surface area contributed by atoms with Gasteiger partial charge in [-0.2, -0.15) is 0 Å². The molecule has 0 saturated carbocycles. The number of rotatable bonds is 3. The maximum absolute atomic E-state index is 13.5. The molecular weight excluding hydrogens is 378 g/mol. The molecule has 0 bridgehead atoms. The molecule has 0 spiro atoms. The Morgan fingerprint density at radius 3 is 2.28 bits per heavy atom. The average molecular weight is 398 g/mol. The van der Waals surface area contributed by atoms with Gasteiger partial charge in [-0.25, -0.2) is 0 Å². The van der Waals surface area contributed by atoms with Crippen molar-refractivity contribution in [3.8, 4) is 0 Å². The van der Waals surface area contributed by atoms with Crippen LogP contribution in [-0.4, -0.2) is 16.6 Å². The zero-order valence-corrected chi connectivity index (χ0v) is 16.4. The van der Waals surface area contributed by atoms with Crippen LogP contribution in [-0.2, 0) is 11.3 Å². The molecule has 1 saturated heterocycles. The van der Waals surface area contributed by atoms with Crippen LogP contribution in [0.15, 0.2) is 100 Å². The van der Waals surface area contributed by atoms with Gasteiger partial charge < -0.3 is 5.32 Å². The molecule has 0 radical (unpaired) electrons. The Morgan fingerprint density at radius 1 is 0.897 bits per heavy atom. The largest absolute Gasteiger partial charge is 0.349 e. The van der Waals surface area contributed by atoms with E-state index in [4.69, 9.17) is 5.41 Å². The van der Waals surface area contributed by atoms with E-state index in [1.807, 2.05) is 78.9 Å². The van der Waals surface area contributed by atoms with Crippen LogP contribution in [0.2, 0.25) is 0 Å². The third kappa shape index (κ3) is 3.13. The van der Waals surface area contributed by atoms with E-state index in [-0.39, 0.29) is 11.7 Å². The number of nitrogens with zero attached hydrogens (tertiary/aromatic N) is 1. The molecule has 142 valence electrons. The number of amidine groups is 1. The highest BCUT2D eigenvalue weighted by Gasteiger charge is 2.44. The Kier molecular flexibility index (Phi) is 4.45. The molecule has 4 nitrogen and oxygen atoms in total. The molecule has 1 atom stereocenters. The number of carbonyl (C=O) groups excluding carboxylic acids is 1. The smallest absolute Gasteiger partial charge is 0.240 e. The van der Waals surface area contributed by atoms with E-state index in [2.05, 4.69) is 11.4 Å². The fourth-order valence-electron chi connectivity index (χ4n) is 3.83. The van der Waals surface area contributed by atoms with E-state index >= 15 is 0 Å². The van der Waals surface area contributed by atoms with Gasteiger partial charge in [0.25, 0.3) is 0 Å². The molecule has 2 aliphatic heterocycles. The van der Waals surface area contributed by atoms with E-state index in [1.165, 1.54) is 0 Å². The highest BCUT2D eigenvalue weighted by atomic mass is 32.2. The molecule has 3 aromatic carbocycles. The maximum atomic E-state index is 13.5. The number of hydrogen-bond donors (Lipinski definition) is 2. The molecular formula is C24H19N3OS. The van der Waals surface area contributed by atoms with Gasteiger partial charge in [-0.15, -0.1) is 0 Å². The van der Waals surface area contributed by atoms with Crippen molar-refractivity contribution < 1.29 is 4.79 Å². The molecule has 2 N–H and O–H groups in total. The van der Waals surface area contributed by atoms with Crippen LogP contribution in [0.4, 0.5) is 5.69 Å². The summed E-state index contributed by atoms with van der Waals surface area (Å²) in [5.41, 5.74) is 3.70. The number of amides is 1. The first-order valence-electron chi connectivity index (χ1n) is 9.49. The number of nitrogens with one attached hydrogen (secondary N) is 2. The van der Waals surface area contributed by atoms with Crippen molar-refractivity contribution in [2.45, 2.75) is 17.4 Å². The summed E-state index contributed by atoms with van der Waals surface area (Å²) >= 11 is 1.59. The summed E-state index contributed by atoms with van der Waals surface area (Å²) in [7, 11) is 0. The summed E-state index contributed by atoms with van der Waals surface area (Å²) in [6.07, 6.45) is 0. The first-order chi connectivity index (χ1) is 14.2. The summed E-state index contributed by atoms with van der Waals surface area (Å²) in [5.74, 6) is -0.252. The van der Waals surface area contributed by atoms with E-state index in [9.17, 15) is 4.79 Å². The van der Waals surface area contributed by atoms with Crippen LogP contribution in [0.1, 0.15) is 17.0 Å². The van der Waals surface area contributed by atoms with Crippen LogP contribution in [0.25, 0.3) is 0 Å². The molecule has 5 rings (SSSR count). The fourth-order valence-corrected chi connectivity index (χ4v) is 4.91. The monoisotopic (exact) mass is 397 g/mol. The van der Waals surface area contributed by atoms with Crippen LogP contribution >= 0.6 is 11.8 Å². The van der Waals surface area contributed by atoms with Crippen LogP contribution in [0.5, 0.6) is 0 Å². The van der Waals surface area contributed by atoms with Gasteiger partial charge in [0.05, 0.1) is 23.2 Å². The second kappa shape index (κ2) is 7.26. The highest BCUT2D eigenvalue weighted by molar-refractivity contribution is 8.03. The van der Waals surface area contributed by atoms with Gasteiger partial charge in [0.2, 0.25) is 5.91 Å². The number of carbonyl (C=O) groups is 1. The van der Waals surface area contributed by atoms with Gasteiger partial charge in [-0.1, -0.05) is 84.6 Å². The minimum atomic E-state index is -0.475. The van der Waals surface area contributed by atoms with Crippen LogP contribution in [0.3, 0.4) is 0 Å². The quantitative estimate of drug-likeness (QED) is 0.637. The summed E-state index contributed by atoms with van der Waals surface area (Å²) in [6.45, 7) is 0.399. The van der Waals surface area contributed by atoms with Gasteiger partial charge in [0.1, 0.15) is 5.84 Å². The van der Waals surface area contributed by atoms with Crippen molar-refractivity contribution in [2.75, 3.05) is 5.32 Å². The van der Waals surface area contributed by atoms with Crippen molar-refractivity contribution in [3.63, 3.8) is 0 Å². The Balaban J connectivity index is 1.59. The van der Waals surface area contributed by atoms with E-state index in [0.717, 1.165) is 32.3 Å². The predicted octanol–water partition coefficient (Wildman–Crippen LogP) is 5.22. The second-order valence-electron chi connectivity index (χ2n) is 7.07. The van der Waals surface area contributed by atoms with Crippen LogP contribution in [0, 0.1) is 5.41 Å². The Morgan fingerprint density at radius 2 is 1.55 bits per heavy atom. The third-order valence-corrected chi connectivity index (χ3v) is 6.34. The lowest BCUT2D eigenvalue weighted by molar-refractivity contribution is -0.127. The molecule has 5 heteroatoms. The average Bonchev–Trinajstić information content (AvgIpc) is 3.29. The van der Waals surface area contributed by atoms with Gasteiger partial charge in [-0.3, -0.25) is 15.1 Å². The summed E-state index contributed by atoms with van der Waals surface area (Å²) < 4.78 is 0. The Hall–Kier alpha value is -3.31. The standard InChI is InChI=1S/C24H19N3OS/c25-22-21(23-26-18-13-7-8-14-19(18)29-23)20(17-11-5-2-6-12-17)24(28)27(22)15-16-9-3-1-4-10-16/h1-14,20,25-26H,15H2/b23-21-,25-22?/t20-/m0/s1. The summed E-state index contributed by atoms with van der Waals surface area (Å²) in [4.78, 5) is 16.2. The Labute approximate surface area is 173 Å². The minimum absolute atomic E-state index is 0.0501. The molecule has 0 unspecified atom stereocenters. The lowest BCUT2D eigenvalue weighted by Gasteiger charge is -2.16. The van der Waals surface area contributed by atoms with E-state index in [0.29, 0.717) is 6.54 Å². The lowest BCUT2D eigenvalue weighted by Crippen LogP contribution is -2.29. The number of likely N-dealkylation sites (tertiary alicyclic amines) is 1. The number of fused-ring (bicyclic) bond motifs is 1. The second-order valence-corrected chi connectivity index (χ2v) is 8.12. The molecule has 29 heavy (non-hydrogen) atoms. The minimum Gasteiger partial charge on any atom is -0.349 e. The summed E-state index contributed by atoms with van der Waals surface area (Å²) in [5, 5.41) is 13.2. The van der Waals surface area contributed by atoms with Crippen molar-refractivity contribution >= 4 is 29.2 Å². The maximum Gasteiger partial charge on any atom is 0.240 e. The number of benzene rings is 3. The van der Waals surface area contributed by atoms with Crippen molar-refractivity contribution in [2.24, 2.45) is 0 Å². The zero-order valence-electron chi connectivity index (χ0n) is 15.6. The van der Waals surface area contributed by atoms with Gasteiger partial charge in [0.15, 0.2) is 0 Å². The topological polar surface area (TPSA) is 56.2 Å². The number of anilines is 1. The van der Waals surface area contributed by atoms with Crippen molar-refractivity contribution in [1.29, 1.82) is 5.41 Å². The fraction of sp³-hybridized carbons (Fsp3) is 0.0833. The molecule has 1 fully saturated rings. The van der Waals surface area contributed by atoms with Crippen molar-refractivity contribution in [3.05, 3.63) is 107 Å². The highest BCUT2D eigenvalue weighted by Crippen LogP contribution is 2.47. The van der Waals surface area contributed by atoms with Gasteiger partial charge in [-0.05, 0) is 23.3 Å².